The molecular weight excluding hydrogens is 258 g/mol. The third-order valence-electron chi connectivity index (χ3n) is 2.64. The predicted octanol–water partition coefficient (Wildman–Crippen LogP) is 0.662. The maximum Gasteiger partial charge on any atom is 0.278 e. The number of nitrogens with two attached hydrogens (primary N) is 1. The summed E-state index contributed by atoms with van der Waals surface area (Å²) in [6.45, 7) is 1.80. The number of nitrogens with one attached hydrogen (secondary N) is 1. The van der Waals surface area contributed by atoms with E-state index in [1.165, 1.54) is 12.4 Å². The normalized spacial score (nSPS) is 10.7. The maximum atomic E-state index is 12.0. The molecule has 0 saturated heterocycles. The molecule has 0 unspecified atom stereocenters. The Kier molecular flexibility index (Phi) is 2.75. The van der Waals surface area contributed by atoms with Gasteiger partial charge in [0.2, 0.25) is 0 Å². The summed E-state index contributed by atoms with van der Waals surface area (Å²) in [5.74, 6) is 0.320. The second-order valence-electron chi connectivity index (χ2n) is 4.12. The van der Waals surface area contributed by atoms with Gasteiger partial charge in [-0.05, 0) is 19.1 Å². The van der Waals surface area contributed by atoms with Crippen molar-refractivity contribution in [2.45, 2.75) is 6.92 Å². The van der Waals surface area contributed by atoms with Crippen LogP contribution in [-0.4, -0.2) is 30.5 Å². The Balaban J connectivity index is 1.89. The number of carbonyl (C=O) groups excluding carboxylic acids is 1. The smallest absolute Gasteiger partial charge is 0.278 e. The molecule has 0 atom stereocenters. The van der Waals surface area contributed by atoms with Gasteiger partial charge in [0.25, 0.3) is 5.91 Å². The molecule has 1 amide bonds. The minimum atomic E-state index is -0.424. The lowest BCUT2D eigenvalue weighted by Gasteiger charge is -2.05. The Morgan fingerprint density at radius 3 is 2.90 bits per heavy atom. The van der Waals surface area contributed by atoms with Crippen molar-refractivity contribution in [2.75, 3.05) is 11.1 Å². The van der Waals surface area contributed by atoms with E-state index >= 15 is 0 Å². The molecule has 0 aromatic carbocycles. The molecule has 3 aromatic rings. The van der Waals surface area contributed by atoms with Crippen molar-refractivity contribution in [1.29, 1.82) is 0 Å². The van der Waals surface area contributed by atoms with Gasteiger partial charge in [0.1, 0.15) is 5.82 Å². The average Bonchev–Trinajstić information content (AvgIpc) is 2.78. The first-order valence-corrected chi connectivity index (χ1v) is 5.84. The fourth-order valence-corrected chi connectivity index (χ4v) is 1.78. The van der Waals surface area contributed by atoms with Gasteiger partial charge in [0.15, 0.2) is 17.2 Å². The van der Waals surface area contributed by atoms with Crippen molar-refractivity contribution < 1.29 is 4.79 Å². The molecule has 0 spiro atoms. The van der Waals surface area contributed by atoms with Crippen molar-refractivity contribution in [1.82, 2.24) is 24.6 Å². The standard InChI is InChI=1S/C12H11N7O/c1-7-16-9-3-2-8(6-19(9)18-7)17-12(20)10-11(13)15-5-4-14-10/h2-6H,1H3,(H2,13,15)(H,17,20). The highest BCUT2D eigenvalue weighted by Gasteiger charge is 2.12. The van der Waals surface area contributed by atoms with Crippen molar-refractivity contribution in [2.24, 2.45) is 0 Å². The number of amides is 1. The van der Waals surface area contributed by atoms with Gasteiger partial charge >= 0.3 is 0 Å². The van der Waals surface area contributed by atoms with Crippen molar-refractivity contribution >= 4 is 23.1 Å². The molecule has 3 N–H and O–H groups in total. The lowest BCUT2D eigenvalue weighted by Crippen LogP contribution is -2.16. The molecule has 8 heteroatoms. The lowest BCUT2D eigenvalue weighted by molar-refractivity contribution is 0.102. The van der Waals surface area contributed by atoms with Crippen molar-refractivity contribution in [3.05, 3.63) is 42.2 Å². The van der Waals surface area contributed by atoms with Crippen LogP contribution in [0.3, 0.4) is 0 Å². The first-order valence-electron chi connectivity index (χ1n) is 5.84. The van der Waals surface area contributed by atoms with E-state index in [4.69, 9.17) is 5.73 Å². The van der Waals surface area contributed by atoms with Gasteiger partial charge in [0.05, 0.1) is 11.9 Å². The second kappa shape index (κ2) is 4.57. The molecule has 0 radical (unpaired) electrons. The SMILES string of the molecule is Cc1nc2ccc(NC(=O)c3nccnc3N)cn2n1. The zero-order chi connectivity index (χ0) is 14.1. The number of hydrogen-bond acceptors (Lipinski definition) is 6. The topological polar surface area (TPSA) is 111 Å². The van der Waals surface area contributed by atoms with Crippen LogP contribution in [0.4, 0.5) is 11.5 Å². The third-order valence-corrected chi connectivity index (χ3v) is 2.64. The molecule has 20 heavy (non-hydrogen) atoms. The number of rotatable bonds is 2. The van der Waals surface area contributed by atoms with E-state index in [9.17, 15) is 4.79 Å². The summed E-state index contributed by atoms with van der Waals surface area (Å²) in [5.41, 5.74) is 6.97. The van der Waals surface area contributed by atoms with Gasteiger partial charge in [0, 0.05) is 12.4 Å². The van der Waals surface area contributed by atoms with E-state index in [0.29, 0.717) is 17.2 Å². The predicted molar refractivity (Wildman–Crippen MR) is 72.1 cm³/mol. The zero-order valence-electron chi connectivity index (χ0n) is 10.6. The van der Waals surface area contributed by atoms with E-state index in [2.05, 4.69) is 25.4 Å². The summed E-state index contributed by atoms with van der Waals surface area (Å²) in [7, 11) is 0. The Morgan fingerprint density at radius 1 is 1.30 bits per heavy atom. The molecule has 100 valence electrons. The number of fused-ring (bicyclic) bond motifs is 1. The molecular formula is C12H11N7O. The average molecular weight is 269 g/mol. The number of carbonyl (C=O) groups is 1. The summed E-state index contributed by atoms with van der Waals surface area (Å²) >= 11 is 0. The number of anilines is 2. The van der Waals surface area contributed by atoms with Gasteiger partial charge in [-0.1, -0.05) is 0 Å². The fourth-order valence-electron chi connectivity index (χ4n) is 1.78. The number of pyridine rings is 1. The minimum absolute atomic E-state index is 0.0855. The van der Waals surface area contributed by atoms with Crippen LogP contribution in [0.25, 0.3) is 5.65 Å². The van der Waals surface area contributed by atoms with Gasteiger partial charge in [-0.15, -0.1) is 0 Å². The minimum Gasteiger partial charge on any atom is -0.382 e. The van der Waals surface area contributed by atoms with Crippen LogP contribution in [0.1, 0.15) is 16.3 Å². The van der Waals surface area contributed by atoms with Crippen LogP contribution in [0.2, 0.25) is 0 Å². The molecule has 3 heterocycles. The largest absolute Gasteiger partial charge is 0.382 e. The van der Waals surface area contributed by atoms with Crippen LogP contribution < -0.4 is 11.1 Å². The van der Waals surface area contributed by atoms with E-state index < -0.39 is 5.91 Å². The Hall–Kier alpha value is -3.03. The molecule has 0 bridgehead atoms. The number of nitrogens with zero attached hydrogens (tertiary/aromatic N) is 5. The third kappa shape index (κ3) is 2.14. The fraction of sp³-hybridized carbons (Fsp3) is 0.0833. The Morgan fingerprint density at radius 2 is 2.10 bits per heavy atom. The van der Waals surface area contributed by atoms with Gasteiger partial charge in [-0.3, -0.25) is 4.79 Å². The van der Waals surface area contributed by atoms with Crippen molar-refractivity contribution in [3.63, 3.8) is 0 Å². The molecule has 0 aliphatic rings. The van der Waals surface area contributed by atoms with Gasteiger partial charge < -0.3 is 11.1 Å². The summed E-state index contributed by atoms with van der Waals surface area (Å²) in [4.78, 5) is 24.0. The second-order valence-corrected chi connectivity index (χ2v) is 4.12. The molecule has 3 aromatic heterocycles. The molecule has 3 rings (SSSR count). The molecule has 0 saturated carbocycles. The molecule has 0 fully saturated rings. The van der Waals surface area contributed by atoms with E-state index in [0.717, 1.165) is 0 Å². The number of hydrogen-bond donors (Lipinski definition) is 2. The highest BCUT2D eigenvalue weighted by atomic mass is 16.1. The van der Waals surface area contributed by atoms with Crippen LogP contribution in [0, 0.1) is 6.92 Å². The summed E-state index contributed by atoms with van der Waals surface area (Å²) in [6, 6.07) is 3.49. The summed E-state index contributed by atoms with van der Waals surface area (Å²) in [6.07, 6.45) is 4.51. The Bertz CT molecular complexity index is 795. The van der Waals surface area contributed by atoms with Crippen molar-refractivity contribution in [3.8, 4) is 0 Å². The first kappa shape index (κ1) is 12.0. The van der Waals surface area contributed by atoms with E-state index in [-0.39, 0.29) is 11.5 Å². The maximum absolute atomic E-state index is 12.0. The first-order chi connectivity index (χ1) is 9.63. The number of nitrogen functional groups attached to an aromatic ring is 1. The number of aryl methyl sites for hydroxylation is 1. The quantitative estimate of drug-likeness (QED) is 0.707. The van der Waals surface area contributed by atoms with Crippen LogP contribution in [0.5, 0.6) is 0 Å². The van der Waals surface area contributed by atoms with Crippen LogP contribution >= 0.6 is 0 Å². The zero-order valence-corrected chi connectivity index (χ0v) is 10.6. The van der Waals surface area contributed by atoms with E-state index in [1.807, 2.05) is 0 Å². The summed E-state index contributed by atoms with van der Waals surface area (Å²) < 4.78 is 1.59. The lowest BCUT2D eigenvalue weighted by atomic mass is 10.3. The van der Waals surface area contributed by atoms with Gasteiger partial charge in [-0.25, -0.2) is 19.5 Å². The number of aromatic nitrogens is 5. The molecule has 0 aliphatic carbocycles. The Labute approximate surface area is 113 Å². The van der Waals surface area contributed by atoms with Crippen LogP contribution in [0.15, 0.2) is 30.7 Å². The monoisotopic (exact) mass is 269 g/mol. The van der Waals surface area contributed by atoms with Crippen LogP contribution in [-0.2, 0) is 0 Å². The molecule has 8 nitrogen and oxygen atoms in total. The molecule has 0 aliphatic heterocycles. The summed E-state index contributed by atoms with van der Waals surface area (Å²) in [5, 5.41) is 6.86. The highest BCUT2D eigenvalue weighted by Crippen LogP contribution is 2.12. The van der Waals surface area contributed by atoms with E-state index in [1.54, 1.807) is 29.8 Å². The van der Waals surface area contributed by atoms with Gasteiger partial charge in [-0.2, -0.15) is 5.10 Å². The highest BCUT2D eigenvalue weighted by molar-refractivity contribution is 6.05.